The van der Waals surface area contributed by atoms with E-state index in [9.17, 15) is 0 Å². The molecule has 0 amide bonds. The molecule has 8 aromatic rings. The van der Waals surface area contributed by atoms with Crippen LogP contribution in [0.3, 0.4) is 0 Å². The number of benzene rings is 7. The van der Waals surface area contributed by atoms with Gasteiger partial charge in [-0.3, -0.25) is 0 Å². The van der Waals surface area contributed by atoms with Gasteiger partial charge < -0.3 is 9.80 Å². The van der Waals surface area contributed by atoms with Crippen LogP contribution in [-0.4, -0.2) is 26.2 Å². The molecule has 49 heavy (non-hydrogen) atoms. The SMILES string of the molecule is c1ccc2cc(-c3c4ccc(N5CCCCC5)cc4c(-c4ccc5sc6ccccc6c5c4)c4ccc(N5CCCCC5)cc34)ccc2c1. The van der Waals surface area contributed by atoms with Gasteiger partial charge in [0, 0.05) is 57.7 Å². The van der Waals surface area contributed by atoms with Crippen LogP contribution in [0, 0.1) is 0 Å². The smallest absolute Gasteiger partial charge is 0.0372 e. The quantitative estimate of drug-likeness (QED) is 0.175. The standard InChI is InChI=1S/C46H40N2S/c1-7-23-47(24-8-1)35-19-21-39-41(29-35)45(33-16-15-31-11-3-4-12-32(31)27-33)38-20-18-36(48-25-9-2-10-26-48)30-42(38)46(39)34-17-22-44-40(28-34)37-13-5-6-14-43(37)49-44/h3-6,11-22,27-30H,1-2,7-10,23-26H2. The third-order valence-corrected chi connectivity index (χ3v) is 12.4. The number of piperidine rings is 2. The second-order valence-corrected chi connectivity index (χ2v) is 15.3. The first-order chi connectivity index (χ1) is 24.3. The Hall–Kier alpha value is -4.86. The van der Waals surface area contributed by atoms with Crippen molar-refractivity contribution in [1.29, 1.82) is 0 Å². The Labute approximate surface area is 292 Å². The Morgan fingerprint density at radius 2 is 0.918 bits per heavy atom. The van der Waals surface area contributed by atoms with Gasteiger partial charge in [0.25, 0.3) is 0 Å². The lowest BCUT2D eigenvalue weighted by atomic mass is 9.84. The Bertz CT molecular complexity index is 2530. The summed E-state index contributed by atoms with van der Waals surface area (Å²) in [6.07, 6.45) is 7.75. The molecule has 0 radical (unpaired) electrons. The third kappa shape index (κ3) is 4.98. The molecule has 2 saturated heterocycles. The average Bonchev–Trinajstić information content (AvgIpc) is 3.55. The minimum Gasteiger partial charge on any atom is -0.372 e. The Kier molecular flexibility index (Phi) is 7.08. The Morgan fingerprint density at radius 3 is 1.59 bits per heavy atom. The fraction of sp³-hybridized carbons (Fsp3) is 0.217. The van der Waals surface area contributed by atoms with Gasteiger partial charge in [0.1, 0.15) is 0 Å². The maximum absolute atomic E-state index is 2.61. The molecule has 0 bridgehead atoms. The van der Waals surface area contributed by atoms with E-state index in [1.165, 1.54) is 125 Å². The first kappa shape index (κ1) is 29.1. The highest BCUT2D eigenvalue weighted by Crippen LogP contribution is 2.47. The molecule has 0 N–H and O–H groups in total. The van der Waals surface area contributed by atoms with Crippen molar-refractivity contribution in [2.24, 2.45) is 0 Å². The summed E-state index contributed by atoms with van der Waals surface area (Å²) in [6, 6.07) is 46.7. The number of thiophene rings is 1. The Morgan fingerprint density at radius 1 is 0.367 bits per heavy atom. The van der Waals surface area contributed by atoms with Crippen molar-refractivity contribution < 1.29 is 0 Å². The summed E-state index contributed by atoms with van der Waals surface area (Å²) < 4.78 is 2.71. The van der Waals surface area contributed by atoms with Gasteiger partial charge in [0.15, 0.2) is 0 Å². The minimum atomic E-state index is 1.14. The van der Waals surface area contributed by atoms with E-state index in [4.69, 9.17) is 0 Å². The molecule has 0 saturated carbocycles. The zero-order valence-electron chi connectivity index (χ0n) is 27.9. The van der Waals surface area contributed by atoms with Gasteiger partial charge in [0.05, 0.1) is 0 Å². The molecular weight excluding hydrogens is 613 g/mol. The second kappa shape index (κ2) is 11.9. The largest absolute Gasteiger partial charge is 0.372 e. The van der Waals surface area contributed by atoms with E-state index in [1.54, 1.807) is 0 Å². The van der Waals surface area contributed by atoms with Crippen LogP contribution in [0.1, 0.15) is 38.5 Å². The number of hydrogen-bond acceptors (Lipinski definition) is 3. The zero-order chi connectivity index (χ0) is 32.3. The predicted octanol–water partition coefficient (Wildman–Crippen LogP) is 12.8. The highest BCUT2D eigenvalue weighted by atomic mass is 32.1. The van der Waals surface area contributed by atoms with E-state index >= 15 is 0 Å². The molecule has 7 aromatic carbocycles. The molecule has 1 aromatic heterocycles. The number of rotatable bonds is 4. The Balaban J connectivity index is 1.31. The van der Waals surface area contributed by atoms with Crippen LogP contribution < -0.4 is 9.80 Å². The number of nitrogens with zero attached hydrogens (tertiary/aromatic N) is 2. The molecule has 2 fully saturated rings. The maximum Gasteiger partial charge on any atom is 0.0372 e. The lowest BCUT2D eigenvalue weighted by Crippen LogP contribution is -2.29. The summed E-state index contributed by atoms with van der Waals surface area (Å²) in [5.41, 5.74) is 8.01. The first-order valence-electron chi connectivity index (χ1n) is 18.2. The summed E-state index contributed by atoms with van der Waals surface area (Å²) in [5.74, 6) is 0. The summed E-state index contributed by atoms with van der Waals surface area (Å²) in [6.45, 7) is 4.55. The zero-order valence-corrected chi connectivity index (χ0v) is 28.7. The van der Waals surface area contributed by atoms with Crippen LogP contribution in [-0.2, 0) is 0 Å². The van der Waals surface area contributed by atoms with Crippen molar-refractivity contribution in [2.75, 3.05) is 36.0 Å². The lowest BCUT2D eigenvalue weighted by Gasteiger charge is -2.30. The minimum absolute atomic E-state index is 1.14. The fourth-order valence-electron chi connectivity index (χ4n) is 8.75. The molecule has 0 aliphatic carbocycles. The molecule has 3 heteroatoms. The van der Waals surface area contributed by atoms with Crippen molar-refractivity contribution in [3.05, 3.63) is 121 Å². The van der Waals surface area contributed by atoms with Gasteiger partial charge in [-0.1, -0.05) is 72.8 Å². The van der Waals surface area contributed by atoms with Gasteiger partial charge >= 0.3 is 0 Å². The summed E-state index contributed by atoms with van der Waals surface area (Å²) in [7, 11) is 0. The van der Waals surface area contributed by atoms with E-state index in [1.807, 2.05) is 11.3 Å². The highest BCUT2D eigenvalue weighted by molar-refractivity contribution is 7.25. The summed E-state index contributed by atoms with van der Waals surface area (Å²) in [5, 5.41) is 10.7. The van der Waals surface area contributed by atoms with Crippen molar-refractivity contribution >= 4 is 75.2 Å². The van der Waals surface area contributed by atoms with Gasteiger partial charge in [-0.25, -0.2) is 0 Å². The maximum atomic E-state index is 2.61. The normalized spacial score (nSPS) is 15.7. The van der Waals surface area contributed by atoms with Crippen molar-refractivity contribution in [3.8, 4) is 22.3 Å². The van der Waals surface area contributed by atoms with E-state index in [-0.39, 0.29) is 0 Å². The number of anilines is 2. The average molecular weight is 653 g/mol. The molecule has 0 atom stereocenters. The fourth-order valence-corrected chi connectivity index (χ4v) is 9.84. The molecule has 0 spiro atoms. The van der Waals surface area contributed by atoms with Gasteiger partial charge in [-0.2, -0.15) is 0 Å². The van der Waals surface area contributed by atoms with Crippen LogP contribution in [0.4, 0.5) is 11.4 Å². The van der Waals surface area contributed by atoms with Crippen LogP contribution >= 0.6 is 11.3 Å². The molecule has 0 unspecified atom stereocenters. The van der Waals surface area contributed by atoms with E-state index in [0.29, 0.717) is 0 Å². The van der Waals surface area contributed by atoms with Crippen LogP contribution in [0.2, 0.25) is 0 Å². The highest BCUT2D eigenvalue weighted by Gasteiger charge is 2.22. The molecule has 2 aliphatic heterocycles. The summed E-state index contributed by atoms with van der Waals surface area (Å²) in [4.78, 5) is 5.22. The van der Waals surface area contributed by atoms with E-state index in [2.05, 4.69) is 131 Å². The first-order valence-corrected chi connectivity index (χ1v) is 19.0. The molecule has 3 heterocycles. The second-order valence-electron chi connectivity index (χ2n) is 14.2. The lowest BCUT2D eigenvalue weighted by molar-refractivity contribution is 0.578. The van der Waals surface area contributed by atoms with Crippen molar-refractivity contribution in [2.45, 2.75) is 38.5 Å². The van der Waals surface area contributed by atoms with E-state index in [0.717, 1.165) is 26.2 Å². The molecule has 2 nitrogen and oxygen atoms in total. The van der Waals surface area contributed by atoms with Gasteiger partial charge in [-0.15, -0.1) is 11.3 Å². The van der Waals surface area contributed by atoms with Crippen molar-refractivity contribution in [1.82, 2.24) is 0 Å². The van der Waals surface area contributed by atoms with Crippen LogP contribution in [0.25, 0.3) is 74.7 Å². The van der Waals surface area contributed by atoms with Crippen LogP contribution in [0.15, 0.2) is 121 Å². The third-order valence-electron chi connectivity index (χ3n) is 11.2. The monoisotopic (exact) mass is 652 g/mol. The topological polar surface area (TPSA) is 6.48 Å². The number of fused-ring (bicyclic) bond motifs is 6. The van der Waals surface area contributed by atoms with Crippen LogP contribution in [0.5, 0.6) is 0 Å². The summed E-state index contributed by atoms with van der Waals surface area (Å²) >= 11 is 1.90. The molecule has 240 valence electrons. The predicted molar refractivity (Wildman–Crippen MR) is 215 cm³/mol. The van der Waals surface area contributed by atoms with Crippen molar-refractivity contribution in [3.63, 3.8) is 0 Å². The van der Waals surface area contributed by atoms with E-state index < -0.39 is 0 Å². The number of hydrogen-bond donors (Lipinski definition) is 0. The molecular formula is C46H40N2S. The molecule has 2 aliphatic rings. The van der Waals surface area contributed by atoms with Gasteiger partial charge in [-0.05, 0) is 142 Å². The molecule has 10 rings (SSSR count). The van der Waals surface area contributed by atoms with Gasteiger partial charge in [0.2, 0.25) is 0 Å².